The third-order valence-corrected chi connectivity index (χ3v) is 4.98. The monoisotopic (exact) mass is 551 g/mol. The molecule has 6 nitrogen and oxygen atoms in total. The van der Waals surface area contributed by atoms with Crippen LogP contribution < -0.4 is 16.0 Å². The highest BCUT2D eigenvalue weighted by molar-refractivity contribution is 14.0. The topological polar surface area (TPSA) is 70.4 Å². The van der Waals surface area contributed by atoms with Crippen LogP contribution in [0, 0.1) is 5.92 Å². The van der Waals surface area contributed by atoms with Crippen LogP contribution in [-0.4, -0.2) is 23.5 Å². The lowest BCUT2D eigenvalue weighted by molar-refractivity contribution is -0.116. The summed E-state index contributed by atoms with van der Waals surface area (Å²) in [7, 11) is 3.57. The second-order valence-corrected chi connectivity index (χ2v) is 7.72. The number of amides is 1. The number of halogens is 3. The standard InChI is InChI=1S/C20H27Cl2N5O.HI/c1-13(2)8-18(28)26-15-7-5-6-14(9-15)11-24-20(23-3)25-12-16-10-17(21)19(22)27(16)4;/h5-7,9-10,13H,8,11-12H2,1-4H3,(H,26,28)(H2,23,24,25);1H. The number of aromatic nitrogens is 1. The van der Waals surface area contributed by atoms with Crippen LogP contribution in [0.5, 0.6) is 0 Å². The fourth-order valence-corrected chi connectivity index (χ4v) is 3.10. The van der Waals surface area contributed by atoms with E-state index in [1.165, 1.54) is 0 Å². The average molecular weight is 552 g/mol. The molecule has 0 spiro atoms. The Kier molecular flexibility index (Phi) is 10.8. The number of hydrogen-bond acceptors (Lipinski definition) is 2. The molecule has 2 rings (SSSR count). The minimum absolute atomic E-state index is 0. The van der Waals surface area contributed by atoms with Gasteiger partial charge in [-0.25, -0.2) is 0 Å². The number of nitrogens with one attached hydrogen (secondary N) is 3. The van der Waals surface area contributed by atoms with Crippen LogP contribution in [0.1, 0.15) is 31.5 Å². The Balaban J connectivity index is 0.00000420. The van der Waals surface area contributed by atoms with Crippen molar-refractivity contribution in [3.05, 3.63) is 51.8 Å². The molecule has 160 valence electrons. The first-order valence-corrected chi connectivity index (χ1v) is 9.88. The normalized spacial score (nSPS) is 11.2. The van der Waals surface area contributed by atoms with Crippen molar-refractivity contribution >= 4 is 64.7 Å². The van der Waals surface area contributed by atoms with Gasteiger partial charge in [0.2, 0.25) is 5.91 Å². The summed E-state index contributed by atoms with van der Waals surface area (Å²) >= 11 is 12.1. The van der Waals surface area contributed by atoms with E-state index in [0.717, 1.165) is 16.9 Å². The smallest absolute Gasteiger partial charge is 0.224 e. The number of nitrogens with zero attached hydrogens (tertiary/aromatic N) is 2. The van der Waals surface area contributed by atoms with E-state index >= 15 is 0 Å². The van der Waals surface area contributed by atoms with Gasteiger partial charge >= 0.3 is 0 Å². The second kappa shape index (κ2) is 12.3. The number of anilines is 1. The molecule has 29 heavy (non-hydrogen) atoms. The second-order valence-electron chi connectivity index (χ2n) is 6.96. The fraction of sp³-hybridized carbons (Fsp3) is 0.400. The number of carbonyl (C=O) groups is 1. The van der Waals surface area contributed by atoms with Gasteiger partial charge in [0, 0.05) is 38.4 Å². The van der Waals surface area contributed by atoms with Crippen LogP contribution in [0.15, 0.2) is 35.3 Å². The molecule has 0 aliphatic heterocycles. The molecule has 0 fully saturated rings. The zero-order chi connectivity index (χ0) is 20.7. The van der Waals surface area contributed by atoms with Gasteiger partial charge < -0.3 is 20.5 Å². The molecule has 0 aliphatic rings. The summed E-state index contributed by atoms with van der Waals surface area (Å²) in [6.45, 7) is 5.15. The Morgan fingerprint density at radius 1 is 1.17 bits per heavy atom. The quantitative estimate of drug-likeness (QED) is 0.263. The van der Waals surface area contributed by atoms with Crippen LogP contribution in [0.3, 0.4) is 0 Å². The van der Waals surface area contributed by atoms with Crippen LogP contribution in [0.25, 0.3) is 0 Å². The Bertz CT molecular complexity index is 851. The van der Waals surface area contributed by atoms with Gasteiger partial charge in [-0.3, -0.25) is 9.79 Å². The van der Waals surface area contributed by atoms with Crippen molar-refractivity contribution in [2.45, 2.75) is 33.4 Å². The van der Waals surface area contributed by atoms with E-state index in [4.69, 9.17) is 23.2 Å². The van der Waals surface area contributed by atoms with E-state index in [1.807, 2.05) is 55.8 Å². The lowest BCUT2D eigenvalue weighted by Crippen LogP contribution is -2.36. The number of benzene rings is 1. The average Bonchev–Trinajstić information content (AvgIpc) is 2.88. The number of rotatable bonds is 7. The van der Waals surface area contributed by atoms with Crippen molar-refractivity contribution in [1.82, 2.24) is 15.2 Å². The largest absolute Gasteiger partial charge is 0.352 e. The van der Waals surface area contributed by atoms with Gasteiger partial charge in [-0.2, -0.15) is 0 Å². The summed E-state index contributed by atoms with van der Waals surface area (Å²) in [5.74, 6) is 1.01. The fourth-order valence-electron chi connectivity index (χ4n) is 2.68. The minimum Gasteiger partial charge on any atom is -0.352 e. The van der Waals surface area contributed by atoms with Crippen molar-refractivity contribution < 1.29 is 4.79 Å². The number of aliphatic imine (C=N–C) groups is 1. The van der Waals surface area contributed by atoms with Crippen LogP contribution in [0.4, 0.5) is 5.69 Å². The minimum atomic E-state index is 0. The molecule has 0 aliphatic carbocycles. The third-order valence-electron chi connectivity index (χ3n) is 4.14. The van der Waals surface area contributed by atoms with Gasteiger partial charge in [-0.1, -0.05) is 49.2 Å². The molecular weight excluding hydrogens is 524 g/mol. The van der Waals surface area contributed by atoms with E-state index in [1.54, 1.807) is 7.05 Å². The molecule has 9 heteroatoms. The predicted octanol–water partition coefficient (Wildman–Crippen LogP) is 4.80. The molecule has 3 N–H and O–H groups in total. The van der Waals surface area contributed by atoms with E-state index in [0.29, 0.717) is 41.6 Å². The Morgan fingerprint density at radius 2 is 1.86 bits per heavy atom. The van der Waals surface area contributed by atoms with Gasteiger partial charge in [0.1, 0.15) is 5.15 Å². The SMILES string of the molecule is CN=C(NCc1cccc(NC(=O)CC(C)C)c1)NCc1cc(Cl)c(Cl)n1C.I. The first kappa shape index (κ1) is 25.6. The van der Waals surface area contributed by atoms with Gasteiger partial charge in [-0.15, -0.1) is 24.0 Å². The van der Waals surface area contributed by atoms with Crippen molar-refractivity contribution in [2.24, 2.45) is 18.0 Å². The maximum absolute atomic E-state index is 11.9. The van der Waals surface area contributed by atoms with Crippen molar-refractivity contribution in [2.75, 3.05) is 12.4 Å². The molecule has 0 saturated carbocycles. The molecule has 1 aromatic heterocycles. The zero-order valence-corrected chi connectivity index (χ0v) is 20.9. The predicted molar refractivity (Wildman–Crippen MR) is 132 cm³/mol. The van der Waals surface area contributed by atoms with Crippen LogP contribution >= 0.6 is 47.2 Å². The lowest BCUT2D eigenvalue weighted by atomic mass is 10.1. The molecule has 1 amide bonds. The van der Waals surface area contributed by atoms with Gasteiger partial charge in [0.25, 0.3) is 0 Å². The summed E-state index contributed by atoms with van der Waals surface area (Å²) in [5, 5.41) is 10.5. The maximum atomic E-state index is 11.9. The lowest BCUT2D eigenvalue weighted by Gasteiger charge is -2.13. The molecular formula is C20H28Cl2IN5O. The van der Waals surface area contributed by atoms with E-state index in [-0.39, 0.29) is 29.9 Å². The molecule has 1 aromatic carbocycles. The molecule has 1 heterocycles. The Labute approximate surface area is 199 Å². The van der Waals surface area contributed by atoms with E-state index in [2.05, 4.69) is 20.9 Å². The molecule has 0 bridgehead atoms. The summed E-state index contributed by atoms with van der Waals surface area (Å²) in [5.41, 5.74) is 2.78. The molecule has 2 aromatic rings. The number of carbonyl (C=O) groups excluding carboxylic acids is 1. The summed E-state index contributed by atoms with van der Waals surface area (Å²) in [6, 6.07) is 9.59. The van der Waals surface area contributed by atoms with Crippen molar-refractivity contribution in [3.8, 4) is 0 Å². The number of hydrogen-bond donors (Lipinski definition) is 3. The van der Waals surface area contributed by atoms with Gasteiger partial charge in [0.15, 0.2) is 5.96 Å². The zero-order valence-electron chi connectivity index (χ0n) is 17.1. The van der Waals surface area contributed by atoms with Crippen LogP contribution in [-0.2, 0) is 24.9 Å². The first-order valence-electron chi connectivity index (χ1n) is 9.13. The summed E-state index contributed by atoms with van der Waals surface area (Å²) in [6.07, 6.45) is 0.506. The summed E-state index contributed by atoms with van der Waals surface area (Å²) in [4.78, 5) is 16.2. The van der Waals surface area contributed by atoms with Crippen molar-refractivity contribution in [1.29, 1.82) is 0 Å². The maximum Gasteiger partial charge on any atom is 0.224 e. The Morgan fingerprint density at radius 3 is 2.45 bits per heavy atom. The molecule has 0 atom stereocenters. The van der Waals surface area contributed by atoms with E-state index in [9.17, 15) is 4.79 Å². The third kappa shape index (κ3) is 8.06. The molecule has 0 radical (unpaired) electrons. The van der Waals surface area contributed by atoms with E-state index < -0.39 is 0 Å². The highest BCUT2D eigenvalue weighted by Crippen LogP contribution is 2.24. The number of guanidine groups is 1. The van der Waals surface area contributed by atoms with Gasteiger partial charge in [0.05, 0.1) is 11.6 Å². The first-order chi connectivity index (χ1) is 13.3. The molecule has 0 saturated heterocycles. The van der Waals surface area contributed by atoms with Gasteiger partial charge in [-0.05, 0) is 29.7 Å². The Hall–Kier alpha value is -1.45. The highest BCUT2D eigenvalue weighted by atomic mass is 127. The highest BCUT2D eigenvalue weighted by Gasteiger charge is 2.09. The molecule has 0 unspecified atom stereocenters. The van der Waals surface area contributed by atoms with Crippen molar-refractivity contribution in [3.63, 3.8) is 0 Å². The summed E-state index contributed by atoms with van der Waals surface area (Å²) < 4.78 is 1.83. The van der Waals surface area contributed by atoms with Crippen LogP contribution in [0.2, 0.25) is 10.2 Å².